The molecule has 0 amide bonds. The topological polar surface area (TPSA) is 69.4 Å². The summed E-state index contributed by atoms with van der Waals surface area (Å²) in [5, 5.41) is 12.1. The van der Waals surface area contributed by atoms with E-state index >= 15 is 0 Å². The number of pyridine rings is 1. The molecule has 0 fully saturated rings. The van der Waals surface area contributed by atoms with E-state index in [9.17, 15) is 4.39 Å². The van der Waals surface area contributed by atoms with Crippen molar-refractivity contribution in [2.75, 3.05) is 6.54 Å². The number of nitrogens with one attached hydrogen (secondary N) is 3. The minimum absolute atomic E-state index is 0.246. The van der Waals surface area contributed by atoms with Crippen molar-refractivity contribution in [3.05, 3.63) is 155 Å². The predicted octanol–water partition coefficient (Wildman–Crippen LogP) is 7.94. The number of hydrogen-bond acceptors (Lipinski definition) is 3. The van der Waals surface area contributed by atoms with Gasteiger partial charge in [-0.3, -0.25) is 5.10 Å². The van der Waals surface area contributed by atoms with Crippen molar-refractivity contribution in [2.45, 2.75) is 19.9 Å². The van der Waals surface area contributed by atoms with Crippen LogP contribution in [-0.4, -0.2) is 26.7 Å². The SMILES string of the molecule is C=C/C=C(\C=C(/C)CNCc1ccccc1)c1cnc2n[nH]c(-c3cc4c([nH]3)CC=CC=C4c3ccc(F)cc3)c2c1. The molecule has 0 saturated heterocycles. The van der Waals surface area contributed by atoms with Gasteiger partial charge in [0, 0.05) is 47.9 Å². The Morgan fingerprint density at radius 2 is 1.93 bits per heavy atom. The molecule has 1 aliphatic rings. The summed E-state index contributed by atoms with van der Waals surface area (Å²) in [5.74, 6) is -0.246. The van der Waals surface area contributed by atoms with E-state index in [2.05, 4.69) is 93.6 Å². The highest BCUT2D eigenvalue weighted by molar-refractivity contribution is 5.94. The molecule has 2 aromatic carbocycles. The predicted molar refractivity (Wildman–Crippen MR) is 170 cm³/mol. The van der Waals surface area contributed by atoms with Crippen molar-refractivity contribution in [2.24, 2.45) is 0 Å². The van der Waals surface area contributed by atoms with Crippen molar-refractivity contribution in [1.82, 2.24) is 25.5 Å². The fraction of sp³-hybridized carbons (Fsp3) is 0.111. The highest BCUT2D eigenvalue weighted by atomic mass is 19.1. The zero-order valence-corrected chi connectivity index (χ0v) is 23.5. The highest BCUT2D eigenvalue weighted by Crippen LogP contribution is 2.35. The van der Waals surface area contributed by atoms with Gasteiger partial charge < -0.3 is 10.3 Å². The molecule has 5 aromatic rings. The monoisotopic (exact) mass is 553 g/mol. The van der Waals surface area contributed by atoms with E-state index in [0.29, 0.717) is 5.65 Å². The molecule has 0 radical (unpaired) electrons. The standard InChI is InChI=1S/C36H32FN5/c1-3-9-27(18-24(2)21-38-22-25-10-5-4-6-11-25)28-19-32-35(41-42-36(32)39-23-28)34-20-31-30(12-7-8-13-33(31)40-34)26-14-16-29(37)17-15-26/h3-12,14-20,23,38,40H,1,13,21-22H2,2H3,(H,39,41,42)/b24-18+,27-9+. The molecule has 3 N–H and O–H groups in total. The summed E-state index contributed by atoms with van der Waals surface area (Å²) in [7, 11) is 0. The molecule has 0 bridgehead atoms. The van der Waals surface area contributed by atoms with Crippen LogP contribution < -0.4 is 5.32 Å². The third-order valence-electron chi connectivity index (χ3n) is 7.35. The van der Waals surface area contributed by atoms with Crippen molar-refractivity contribution >= 4 is 22.2 Å². The van der Waals surface area contributed by atoms with Crippen LogP contribution >= 0.6 is 0 Å². The molecule has 0 saturated carbocycles. The van der Waals surface area contributed by atoms with Gasteiger partial charge in [-0.25, -0.2) is 9.37 Å². The lowest BCUT2D eigenvalue weighted by Crippen LogP contribution is -2.15. The van der Waals surface area contributed by atoms with Gasteiger partial charge in [0.2, 0.25) is 0 Å². The lowest BCUT2D eigenvalue weighted by molar-refractivity contribution is 0.627. The van der Waals surface area contributed by atoms with E-state index in [1.165, 1.54) is 23.3 Å². The molecule has 3 heterocycles. The fourth-order valence-corrected chi connectivity index (χ4v) is 5.29. The average Bonchev–Trinajstić information content (AvgIpc) is 3.57. The Morgan fingerprint density at radius 3 is 2.74 bits per heavy atom. The molecule has 1 aliphatic carbocycles. The molecule has 0 aliphatic heterocycles. The van der Waals surface area contributed by atoms with E-state index in [0.717, 1.165) is 69.8 Å². The Labute approximate surface area is 244 Å². The Kier molecular flexibility index (Phi) is 7.88. The van der Waals surface area contributed by atoms with Gasteiger partial charge in [-0.2, -0.15) is 5.10 Å². The van der Waals surface area contributed by atoms with Crippen LogP contribution in [0.2, 0.25) is 0 Å². The van der Waals surface area contributed by atoms with Crippen LogP contribution in [0.5, 0.6) is 0 Å². The smallest absolute Gasteiger partial charge is 0.181 e. The minimum Gasteiger partial charge on any atom is -0.356 e. The van der Waals surface area contributed by atoms with Crippen molar-refractivity contribution < 1.29 is 4.39 Å². The van der Waals surface area contributed by atoms with E-state index in [-0.39, 0.29) is 5.82 Å². The van der Waals surface area contributed by atoms with Gasteiger partial charge in [0.25, 0.3) is 0 Å². The summed E-state index contributed by atoms with van der Waals surface area (Å²) in [5.41, 5.74) is 11.1. The number of aromatic amines is 2. The Morgan fingerprint density at radius 1 is 1.10 bits per heavy atom. The van der Waals surface area contributed by atoms with Gasteiger partial charge in [0.05, 0.1) is 11.4 Å². The number of allylic oxidation sites excluding steroid dienone is 7. The number of fused-ring (bicyclic) bond motifs is 2. The Hall–Kier alpha value is -5.07. The minimum atomic E-state index is -0.246. The molecule has 6 heteroatoms. The van der Waals surface area contributed by atoms with E-state index in [1.54, 1.807) is 6.08 Å². The van der Waals surface area contributed by atoms with E-state index < -0.39 is 0 Å². The van der Waals surface area contributed by atoms with Gasteiger partial charge in [0.15, 0.2) is 5.65 Å². The zero-order valence-electron chi connectivity index (χ0n) is 23.5. The molecule has 0 atom stereocenters. The molecule has 3 aromatic heterocycles. The van der Waals surface area contributed by atoms with Crippen LogP contribution in [0.1, 0.15) is 34.9 Å². The zero-order chi connectivity index (χ0) is 28.9. The quantitative estimate of drug-likeness (QED) is 0.162. The molecule has 0 spiro atoms. The summed E-state index contributed by atoms with van der Waals surface area (Å²) in [6.45, 7) is 7.64. The van der Waals surface area contributed by atoms with Crippen LogP contribution in [0.15, 0.2) is 122 Å². The number of halogens is 1. The van der Waals surface area contributed by atoms with Gasteiger partial charge >= 0.3 is 0 Å². The normalized spacial score (nSPS) is 13.6. The first-order valence-electron chi connectivity index (χ1n) is 14.0. The second-order valence-electron chi connectivity index (χ2n) is 10.4. The Balaban J connectivity index is 1.29. The summed E-state index contributed by atoms with van der Waals surface area (Å²) >= 11 is 0. The van der Waals surface area contributed by atoms with Crippen LogP contribution in [0.25, 0.3) is 33.6 Å². The Bertz CT molecular complexity index is 1850. The van der Waals surface area contributed by atoms with E-state index in [4.69, 9.17) is 0 Å². The number of aromatic nitrogens is 4. The summed E-state index contributed by atoms with van der Waals surface area (Å²) in [4.78, 5) is 8.28. The van der Waals surface area contributed by atoms with Crippen LogP contribution in [0, 0.1) is 5.82 Å². The van der Waals surface area contributed by atoms with Gasteiger partial charge in [-0.1, -0.05) is 91.1 Å². The van der Waals surface area contributed by atoms with Crippen molar-refractivity contribution in [1.29, 1.82) is 0 Å². The fourth-order valence-electron chi connectivity index (χ4n) is 5.29. The van der Waals surface area contributed by atoms with Crippen molar-refractivity contribution in [3.8, 4) is 11.4 Å². The maximum Gasteiger partial charge on any atom is 0.181 e. The van der Waals surface area contributed by atoms with Crippen LogP contribution in [0.3, 0.4) is 0 Å². The number of nitrogens with zero attached hydrogens (tertiary/aromatic N) is 2. The summed E-state index contributed by atoms with van der Waals surface area (Å²) in [6.07, 6.45) is 14.9. The maximum atomic E-state index is 13.6. The first-order chi connectivity index (χ1) is 20.6. The first kappa shape index (κ1) is 27.1. The summed E-state index contributed by atoms with van der Waals surface area (Å²) in [6, 6.07) is 21.3. The van der Waals surface area contributed by atoms with Gasteiger partial charge in [-0.05, 0) is 53.5 Å². The molecular formula is C36H32FN5. The van der Waals surface area contributed by atoms with E-state index in [1.807, 2.05) is 36.5 Å². The average molecular weight is 554 g/mol. The maximum absolute atomic E-state index is 13.6. The molecule has 42 heavy (non-hydrogen) atoms. The highest BCUT2D eigenvalue weighted by Gasteiger charge is 2.19. The third-order valence-corrected chi connectivity index (χ3v) is 7.35. The van der Waals surface area contributed by atoms with Crippen LogP contribution in [-0.2, 0) is 13.0 Å². The molecular weight excluding hydrogens is 521 g/mol. The molecule has 5 nitrogen and oxygen atoms in total. The van der Waals surface area contributed by atoms with Gasteiger partial charge in [0.1, 0.15) is 5.82 Å². The van der Waals surface area contributed by atoms with Gasteiger partial charge in [-0.15, -0.1) is 0 Å². The number of hydrogen-bond donors (Lipinski definition) is 3. The number of H-pyrrole nitrogens is 2. The second kappa shape index (κ2) is 12.2. The number of benzene rings is 2. The summed E-state index contributed by atoms with van der Waals surface area (Å²) < 4.78 is 13.6. The van der Waals surface area contributed by atoms with Crippen molar-refractivity contribution in [3.63, 3.8) is 0 Å². The third kappa shape index (κ3) is 5.85. The number of rotatable bonds is 9. The van der Waals surface area contributed by atoms with Crippen LogP contribution in [0.4, 0.5) is 4.39 Å². The molecule has 6 rings (SSSR count). The first-order valence-corrected chi connectivity index (χ1v) is 14.0. The largest absolute Gasteiger partial charge is 0.356 e. The molecule has 208 valence electrons. The molecule has 0 unspecified atom stereocenters. The lowest BCUT2D eigenvalue weighted by atomic mass is 9.97. The lowest BCUT2D eigenvalue weighted by Gasteiger charge is -2.08. The second-order valence-corrected chi connectivity index (χ2v) is 10.4.